The van der Waals surface area contributed by atoms with Gasteiger partial charge < -0.3 is 19.3 Å². The second-order valence-electron chi connectivity index (χ2n) is 6.24. The molecule has 0 aromatic heterocycles. The van der Waals surface area contributed by atoms with E-state index in [1.807, 2.05) is 27.7 Å². The van der Waals surface area contributed by atoms with Crippen LogP contribution in [0.25, 0.3) is 0 Å². The summed E-state index contributed by atoms with van der Waals surface area (Å²) in [7, 11) is 0. The Morgan fingerprint density at radius 2 is 1.26 bits per heavy atom. The normalized spacial score (nSPS) is 14.9. The monoisotopic (exact) mass is 332 g/mol. The Bertz CT molecular complexity index is 239. The average molecular weight is 333 g/mol. The topological polar surface area (TPSA) is 47.9 Å². The molecule has 4 nitrogen and oxygen atoms in total. The van der Waals surface area contributed by atoms with E-state index in [1.165, 1.54) is 32.1 Å². The van der Waals surface area contributed by atoms with Crippen LogP contribution in [-0.2, 0) is 14.2 Å². The number of unbranched alkanes of at least 4 members (excludes halogenated alkanes) is 5. The van der Waals surface area contributed by atoms with Crippen LogP contribution in [0, 0.1) is 5.92 Å². The minimum Gasteiger partial charge on any atom is -0.393 e. The van der Waals surface area contributed by atoms with Crippen LogP contribution in [-0.4, -0.2) is 37.0 Å². The quantitative estimate of drug-likeness (QED) is 0.323. The molecule has 0 spiro atoms. The predicted molar refractivity (Wildman–Crippen MR) is 95.4 cm³/mol. The fraction of sp³-hybridized carbons (Fsp3) is 1.00. The number of hydrogen-bond donors (Lipinski definition) is 1. The minimum atomic E-state index is -1.02. The molecule has 0 fully saturated rings. The first-order valence-electron chi connectivity index (χ1n) is 9.66. The molecule has 0 aliphatic carbocycles. The third-order valence-corrected chi connectivity index (χ3v) is 4.07. The highest BCUT2D eigenvalue weighted by molar-refractivity contribution is 4.74. The van der Waals surface area contributed by atoms with Gasteiger partial charge in [0.1, 0.15) is 0 Å². The largest absolute Gasteiger partial charge is 0.393 e. The molecule has 4 heteroatoms. The zero-order valence-corrected chi connectivity index (χ0v) is 16.1. The molecular formula is C19H40O4. The smallest absolute Gasteiger partial charge is 0.285 e. The molecule has 0 radical (unpaired) electrons. The van der Waals surface area contributed by atoms with Crippen molar-refractivity contribution in [2.45, 2.75) is 98.1 Å². The van der Waals surface area contributed by atoms with E-state index in [0.29, 0.717) is 26.2 Å². The van der Waals surface area contributed by atoms with Gasteiger partial charge in [-0.15, -0.1) is 0 Å². The van der Waals surface area contributed by atoms with Gasteiger partial charge in [0.15, 0.2) is 0 Å². The molecule has 140 valence electrons. The van der Waals surface area contributed by atoms with Gasteiger partial charge >= 0.3 is 0 Å². The molecular weight excluding hydrogens is 292 g/mol. The summed E-state index contributed by atoms with van der Waals surface area (Å²) in [4.78, 5) is 0. The summed E-state index contributed by atoms with van der Waals surface area (Å²) in [6.07, 6.45) is 8.72. The van der Waals surface area contributed by atoms with Crippen LogP contribution in [0.5, 0.6) is 0 Å². The number of aliphatic hydroxyl groups excluding tert-OH is 1. The molecule has 0 aliphatic rings. The zero-order valence-electron chi connectivity index (χ0n) is 16.1. The summed E-state index contributed by atoms with van der Waals surface area (Å²) in [5.74, 6) is -0.966. The van der Waals surface area contributed by atoms with Gasteiger partial charge in [-0.1, -0.05) is 45.4 Å². The molecule has 0 amide bonds. The van der Waals surface area contributed by atoms with Gasteiger partial charge in [-0.25, -0.2) is 0 Å². The van der Waals surface area contributed by atoms with Gasteiger partial charge in [-0.05, 0) is 40.5 Å². The van der Waals surface area contributed by atoms with Gasteiger partial charge in [-0.2, -0.15) is 0 Å². The molecule has 2 atom stereocenters. The summed E-state index contributed by atoms with van der Waals surface area (Å²) in [5, 5.41) is 9.90. The van der Waals surface area contributed by atoms with E-state index in [9.17, 15) is 5.11 Å². The average Bonchev–Trinajstić information content (AvgIpc) is 2.50. The molecule has 2 unspecified atom stereocenters. The van der Waals surface area contributed by atoms with Crippen molar-refractivity contribution in [1.82, 2.24) is 0 Å². The van der Waals surface area contributed by atoms with Gasteiger partial charge in [0.05, 0.1) is 6.10 Å². The van der Waals surface area contributed by atoms with Gasteiger partial charge in [0, 0.05) is 25.7 Å². The number of ether oxygens (including phenoxy) is 3. The zero-order chi connectivity index (χ0) is 17.6. The molecule has 0 rings (SSSR count). The standard InChI is InChI=1S/C19H40O4/c1-6-10-11-12-13-14-15-18(16-17(5)20)19(21-7-2,22-8-3)23-9-4/h17-18,20H,6-16H2,1-5H3. The Morgan fingerprint density at radius 3 is 1.70 bits per heavy atom. The maximum atomic E-state index is 9.90. The van der Waals surface area contributed by atoms with Crippen molar-refractivity contribution < 1.29 is 19.3 Å². The van der Waals surface area contributed by atoms with Gasteiger partial charge in [-0.3, -0.25) is 0 Å². The molecule has 0 bridgehead atoms. The second kappa shape index (κ2) is 14.2. The Labute approximate surface area is 143 Å². The molecule has 23 heavy (non-hydrogen) atoms. The molecule has 0 saturated carbocycles. The van der Waals surface area contributed by atoms with E-state index in [4.69, 9.17) is 14.2 Å². The van der Waals surface area contributed by atoms with Crippen LogP contribution >= 0.6 is 0 Å². The molecule has 0 heterocycles. The van der Waals surface area contributed by atoms with Crippen LogP contribution in [0.1, 0.15) is 86.0 Å². The van der Waals surface area contributed by atoms with Crippen molar-refractivity contribution in [2.24, 2.45) is 5.92 Å². The summed E-state index contributed by atoms with van der Waals surface area (Å²) in [6.45, 7) is 11.5. The second-order valence-corrected chi connectivity index (χ2v) is 6.24. The fourth-order valence-corrected chi connectivity index (χ4v) is 3.10. The van der Waals surface area contributed by atoms with Crippen LogP contribution in [0.3, 0.4) is 0 Å². The molecule has 0 aliphatic heterocycles. The number of rotatable bonds is 16. The summed E-state index contributed by atoms with van der Waals surface area (Å²) >= 11 is 0. The minimum absolute atomic E-state index is 0.0496. The maximum Gasteiger partial charge on any atom is 0.285 e. The SMILES string of the molecule is CCCCCCCCC(CC(C)O)C(OCC)(OCC)OCC. The fourth-order valence-electron chi connectivity index (χ4n) is 3.10. The van der Waals surface area contributed by atoms with E-state index in [2.05, 4.69) is 6.92 Å². The third-order valence-electron chi connectivity index (χ3n) is 4.07. The van der Waals surface area contributed by atoms with Crippen molar-refractivity contribution >= 4 is 0 Å². The van der Waals surface area contributed by atoms with E-state index in [1.54, 1.807) is 0 Å². The van der Waals surface area contributed by atoms with E-state index in [-0.39, 0.29) is 12.0 Å². The molecule has 0 saturated heterocycles. The first-order valence-corrected chi connectivity index (χ1v) is 9.66. The number of hydrogen-bond acceptors (Lipinski definition) is 4. The van der Waals surface area contributed by atoms with Crippen LogP contribution in [0.2, 0.25) is 0 Å². The predicted octanol–water partition coefficient (Wildman–Crippen LogP) is 4.89. The third kappa shape index (κ3) is 9.65. The van der Waals surface area contributed by atoms with Crippen molar-refractivity contribution in [3.8, 4) is 0 Å². The van der Waals surface area contributed by atoms with Crippen molar-refractivity contribution in [1.29, 1.82) is 0 Å². The van der Waals surface area contributed by atoms with E-state index in [0.717, 1.165) is 12.8 Å². The first kappa shape index (κ1) is 22.8. The highest BCUT2D eigenvalue weighted by atomic mass is 16.9. The lowest BCUT2D eigenvalue weighted by Gasteiger charge is -2.39. The van der Waals surface area contributed by atoms with Gasteiger partial charge in [0.2, 0.25) is 0 Å². The van der Waals surface area contributed by atoms with Crippen molar-refractivity contribution in [2.75, 3.05) is 19.8 Å². The maximum absolute atomic E-state index is 9.90. The Morgan fingerprint density at radius 1 is 0.783 bits per heavy atom. The summed E-state index contributed by atoms with van der Waals surface area (Å²) in [5.41, 5.74) is 0. The van der Waals surface area contributed by atoms with Crippen LogP contribution in [0.15, 0.2) is 0 Å². The van der Waals surface area contributed by atoms with E-state index < -0.39 is 5.97 Å². The molecule has 1 N–H and O–H groups in total. The lowest BCUT2D eigenvalue weighted by molar-refractivity contribution is -0.404. The Kier molecular flexibility index (Phi) is 14.1. The first-order chi connectivity index (χ1) is 11.1. The van der Waals surface area contributed by atoms with Crippen LogP contribution in [0.4, 0.5) is 0 Å². The lowest BCUT2D eigenvalue weighted by Crippen LogP contribution is -2.47. The highest BCUT2D eigenvalue weighted by Crippen LogP contribution is 2.34. The Balaban J connectivity index is 4.76. The lowest BCUT2D eigenvalue weighted by atomic mass is 9.92. The summed E-state index contributed by atoms with van der Waals surface area (Å²) < 4.78 is 17.7. The van der Waals surface area contributed by atoms with Gasteiger partial charge in [0.25, 0.3) is 5.97 Å². The van der Waals surface area contributed by atoms with Crippen LogP contribution < -0.4 is 0 Å². The Hall–Kier alpha value is -0.160. The molecule has 0 aromatic carbocycles. The highest BCUT2D eigenvalue weighted by Gasteiger charge is 2.42. The van der Waals surface area contributed by atoms with E-state index >= 15 is 0 Å². The molecule has 0 aromatic rings. The van der Waals surface area contributed by atoms with Crippen molar-refractivity contribution in [3.63, 3.8) is 0 Å². The number of aliphatic hydroxyl groups is 1. The summed E-state index contributed by atoms with van der Waals surface area (Å²) in [6, 6.07) is 0. The van der Waals surface area contributed by atoms with Crippen molar-refractivity contribution in [3.05, 3.63) is 0 Å².